The second kappa shape index (κ2) is 3.37. The molecule has 1 aromatic heterocycles. The van der Waals surface area contributed by atoms with Crippen LogP contribution in [0.15, 0.2) is 30.5 Å². The Kier molecular flexibility index (Phi) is 2.12. The third-order valence-corrected chi connectivity index (χ3v) is 4.36. The summed E-state index contributed by atoms with van der Waals surface area (Å²) in [6.45, 7) is 4.08. The van der Waals surface area contributed by atoms with Crippen molar-refractivity contribution in [1.82, 2.24) is 4.57 Å². The van der Waals surface area contributed by atoms with Crippen LogP contribution in [0.1, 0.15) is 25.3 Å². The lowest BCUT2D eigenvalue weighted by Crippen LogP contribution is -2.03. The Balaban J connectivity index is 2.17. The highest BCUT2D eigenvalue weighted by Gasteiger charge is 2.63. The number of aryl methyl sites for hydroxylation is 1. The Hall–Kier alpha value is -1.77. The third kappa shape index (κ3) is 1.33. The van der Waals surface area contributed by atoms with E-state index in [-0.39, 0.29) is 17.3 Å². The maximum atomic E-state index is 11.3. The number of carboxylic acids is 1. The molecule has 3 nitrogen and oxygen atoms in total. The Labute approximate surface area is 106 Å². The molecule has 0 amide bonds. The molecule has 2 atom stereocenters. The van der Waals surface area contributed by atoms with Crippen molar-refractivity contribution in [1.29, 1.82) is 0 Å². The molecular formula is C15H17NO2. The minimum atomic E-state index is -0.684. The number of aliphatic carboxylic acids is 1. The summed E-state index contributed by atoms with van der Waals surface area (Å²) in [5.41, 5.74) is 2.18. The predicted octanol–water partition coefficient (Wildman–Crippen LogP) is 3.00. The van der Waals surface area contributed by atoms with Crippen LogP contribution in [0.4, 0.5) is 0 Å². The number of para-hydroxylation sites is 1. The van der Waals surface area contributed by atoms with Gasteiger partial charge in [-0.15, -0.1) is 0 Å². The quantitative estimate of drug-likeness (QED) is 0.881. The zero-order valence-corrected chi connectivity index (χ0v) is 10.8. The molecule has 0 spiro atoms. The van der Waals surface area contributed by atoms with Crippen LogP contribution in [-0.2, 0) is 11.8 Å². The fourth-order valence-corrected chi connectivity index (χ4v) is 3.32. The summed E-state index contributed by atoms with van der Waals surface area (Å²) in [7, 11) is 2.01. The van der Waals surface area contributed by atoms with E-state index in [2.05, 4.69) is 22.8 Å². The monoisotopic (exact) mass is 243 g/mol. The van der Waals surface area contributed by atoms with Crippen molar-refractivity contribution in [2.24, 2.45) is 18.4 Å². The molecule has 3 rings (SSSR count). The van der Waals surface area contributed by atoms with Gasteiger partial charge in [-0.25, -0.2) is 0 Å². The van der Waals surface area contributed by atoms with Gasteiger partial charge in [-0.2, -0.15) is 0 Å². The second-order valence-electron chi connectivity index (χ2n) is 5.83. The number of nitrogens with zero attached hydrogens (tertiary/aromatic N) is 1. The average Bonchev–Trinajstić information content (AvgIpc) is 2.67. The molecule has 18 heavy (non-hydrogen) atoms. The van der Waals surface area contributed by atoms with Crippen LogP contribution in [0.2, 0.25) is 0 Å². The van der Waals surface area contributed by atoms with Crippen LogP contribution < -0.4 is 0 Å². The van der Waals surface area contributed by atoms with Crippen molar-refractivity contribution in [2.45, 2.75) is 19.8 Å². The van der Waals surface area contributed by atoms with E-state index in [1.165, 1.54) is 10.9 Å². The van der Waals surface area contributed by atoms with E-state index in [0.29, 0.717) is 0 Å². The highest BCUT2D eigenvalue weighted by molar-refractivity contribution is 5.87. The zero-order chi connectivity index (χ0) is 13.1. The van der Waals surface area contributed by atoms with Crippen LogP contribution in [0.5, 0.6) is 0 Å². The van der Waals surface area contributed by atoms with Gasteiger partial charge in [-0.05, 0) is 22.4 Å². The molecule has 94 valence electrons. The first-order valence-corrected chi connectivity index (χ1v) is 6.21. The lowest BCUT2D eigenvalue weighted by Gasteiger charge is -2.07. The molecule has 1 fully saturated rings. The van der Waals surface area contributed by atoms with Crippen molar-refractivity contribution in [3.63, 3.8) is 0 Å². The fraction of sp³-hybridized carbons (Fsp3) is 0.400. The molecule has 3 heteroatoms. The number of hydrogen-bond donors (Lipinski definition) is 1. The van der Waals surface area contributed by atoms with Crippen LogP contribution in [-0.4, -0.2) is 15.6 Å². The lowest BCUT2D eigenvalue weighted by atomic mass is 10.0. The van der Waals surface area contributed by atoms with Crippen LogP contribution in [0.3, 0.4) is 0 Å². The number of hydrogen-bond acceptors (Lipinski definition) is 1. The Morgan fingerprint density at radius 1 is 1.33 bits per heavy atom. The van der Waals surface area contributed by atoms with Gasteiger partial charge in [0.2, 0.25) is 0 Å². The molecule has 0 radical (unpaired) electrons. The first kappa shape index (κ1) is 11.3. The van der Waals surface area contributed by atoms with Gasteiger partial charge < -0.3 is 9.67 Å². The number of aromatic nitrogens is 1. The van der Waals surface area contributed by atoms with Gasteiger partial charge in [0.05, 0.1) is 11.4 Å². The van der Waals surface area contributed by atoms with Crippen molar-refractivity contribution in [3.8, 4) is 0 Å². The van der Waals surface area contributed by atoms with E-state index in [1.54, 1.807) is 0 Å². The average molecular weight is 243 g/mol. The summed E-state index contributed by atoms with van der Waals surface area (Å²) < 4.78 is 2.08. The molecule has 2 aromatic rings. The molecule has 0 aliphatic heterocycles. The first-order valence-electron chi connectivity index (χ1n) is 6.21. The van der Waals surface area contributed by atoms with Crippen molar-refractivity contribution in [2.75, 3.05) is 0 Å². The molecule has 1 saturated carbocycles. The standard InChI is InChI=1S/C15H17NO2/c1-15(2)11(12(15)14(17)18)10-6-4-5-9-7-8-16(3)13(9)10/h4-8,11-12H,1-3H3,(H,17,18)/t11-,12+/m1/s1. The van der Waals surface area contributed by atoms with Gasteiger partial charge in [0.15, 0.2) is 0 Å². The van der Waals surface area contributed by atoms with Crippen molar-refractivity contribution in [3.05, 3.63) is 36.0 Å². The SMILES string of the molecule is Cn1ccc2cccc([C@@H]3[C@@H](C(=O)O)C3(C)C)c21. The van der Waals surface area contributed by atoms with Crippen molar-refractivity contribution < 1.29 is 9.90 Å². The number of carboxylic acid groups (broad SMARTS) is 1. The third-order valence-electron chi connectivity index (χ3n) is 4.36. The van der Waals surface area contributed by atoms with Gasteiger partial charge in [-0.3, -0.25) is 4.79 Å². The first-order chi connectivity index (χ1) is 8.44. The fourth-order valence-electron chi connectivity index (χ4n) is 3.32. The normalized spacial score (nSPS) is 25.3. The van der Waals surface area contributed by atoms with E-state index in [0.717, 1.165) is 5.56 Å². The summed E-state index contributed by atoms with van der Waals surface area (Å²) in [6, 6.07) is 8.23. The highest BCUT2D eigenvalue weighted by Crippen LogP contribution is 2.65. The Morgan fingerprint density at radius 3 is 2.67 bits per heavy atom. The molecular weight excluding hydrogens is 226 g/mol. The van der Waals surface area contributed by atoms with Gasteiger partial charge in [0, 0.05) is 19.2 Å². The zero-order valence-electron chi connectivity index (χ0n) is 10.8. The van der Waals surface area contributed by atoms with E-state index >= 15 is 0 Å². The molecule has 1 aliphatic rings. The number of benzene rings is 1. The second-order valence-corrected chi connectivity index (χ2v) is 5.83. The topological polar surface area (TPSA) is 42.2 Å². The highest BCUT2D eigenvalue weighted by atomic mass is 16.4. The summed E-state index contributed by atoms with van der Waals surface area (Å²) in [5.74, 6) is -0.832. The van der Waals surface area contributed by atoms with Crippen molar-refractivity contribution >= 4 is 16.9 Å². The molecule has 0 unspecified atom stereocenters. The van der Waals surface area contributed by atoms with E-state index in [9.17, 15) is 9.90 Å². The Morgan fingerprint density at radius 2 is 2.06 bits per heavy atom. The number of rotatable bonds is 2. The van der Waals surface area contributed by atoms with Crippen LogP contribution in [0, 0.1) is 11.3 Å². The minimum Gasteiger partial charge on any atom is -0.481 e. The molecule has 1 N–H and O–H groups in total. The Bertz CT molecular complexity index is 639. The van der Waals surface area contributed by atoms with Gasteiger partial charge in [0.25, 0.3) is 0 Å². The summed E-state index contributed by atoms with van der Waals surface area (Å²) in [6.07, 6.45) is 2.03. The minimum absolute atomic E-state index is 0.118. The smallest absolute Gasteiger partial charge is 0.307 e. The van der Waals surface area contributed by atoms with E-state index < -0.39 is 5.97 Å². The summed E-state index contributed by atoms with van der Waals surface area (Å²) >= 11 is 0. The van der Waals surface area contributed by atoms with Crippen LogP contribution >= 0.6 is 0 Å². The van der Waals surface area contributed by atoms with E-state index in [4.69, 9.17) is 0 Å². The van der Waals surface area contributed by atoms with Crippen LogP contribution in [0.25, 0.3) is 10.9 Å². The van der Waals surface area contributed by atoms with Gasteiger partial charge in [-0.1, -0.05) is 32.0 Å². The molecule has 1 aliphatic carbocycles. The molecule has 0 bridgehead atoms. The predicted molar refractivity (Wildman–Crippen MR) is 70.6 cm³/mol. The number of carbonyl (C=O) groups is 1. The molecule has 1 aromatic carbocycles. The maximum Gasteiger partial charge on any atom is 0.307 e. The summed E-state index contributed by atoms with van der Waals surface area (Å²) in [5, 5.41) is 10.5. The van der Waals surface area contributed by atoms with Gasteiger partial charge in [0.1, 0.15) is 0 Å². The maximum absolute atomic E-state index is 11.3. The molecule has 1 heterocycles. The lowest BCUT2D eigenvalue weighted by molar-refractivity contribution is -0.139. The number of fused-ring (bicyclic) bond motifs is 1. The van der Waals surface area contributed by atoms with Gasteiger partial charge >= 0.3 is 5.97 Å². The summed E-state index contributed by atoms with van der Waals surface area (Å²) in [4.78, 5) is 11.3. The largest absolute Gasteiger partial charge is 0.481 e. The van der Waals surface area contributed by atoms with E-state index in [1.807, 2.05) is 33.2 Å². The molecule has 0 saturated heterocycles.